The molecule has 1 amide bonds. The van der Waals surface area contributed by atoms with Gasteiger partial charge in [-0.1, -0.05) is 52.3 Å². The van der Waals surface area contributed by atoms with Gasteiger partial charge in [-0.2, -0.15) is 0 Å². The Morgan fingerprint density at radius 3 is 2.59 bits per heavy atom. The fraction of sp³-hybridized carbons (Fsp3) is 0.172. The lowest BCUT2D eigenvalue weighted by molar-refractivity contribution is -0.139. The number of fused-ring (bicyclic) bond motifs is 1. The summed E-state index contributed by atoms with van der Waals surface area (Å²) in [5.41, 5.74) is 2.99. The Bertz CT molecular complexity index is 1520. The second kappa shape index (κ2) is 10.1. The van der Waals surface area contributed by atoms with Gasteiger partial charge in [-0.25, -0.2) is 0 Å². The van der Waals surface area contributed by atoms with E-state index < -0.39 is 17.7 Å². The van der Waals surface area contributed by atoms with Crippen molar-refractivity contribution in [3.05, 3.63) is 99.7 Å². The van der Waals surface area contributed by atoms with E-state index in [1.165, 1.54) is 11.0 Å². The van der Waals surface area contributed by atoms with Gasteiger partial charge < -0.3 is 24.8 Å². The average Bonchev–Trinajstić information content (AvgIpc) is 3.42. The van der Waals surface area contributed by atoms with E-state index in [9.17, 15) is 19.8 Å². The fourth-order valence-electron chi connectivity index (χ4n) is 4.77. The number of para-hydroxylation sites is 1. The topological polar surface area (TPSA) is 103 Å². The number of phenolic OH excluding ortho intramolecular Hbond substituents is 1. The molecule has 3 N–H and O–H groups in total. The van der Waals surface area contributed by atoms with Gasteiger partial charge in [0.15, 0.2) is 11.5 Å². The number of hydrogen-bond acceptors (Lipinski definition) is 5. The van der Waals surface area contributed by atoms with Crippen LogP contribution >= 0.6 is 15.9 Å². The molecule has 0 aliphatic carbocycles. The highest BCUT2D eigenvalue weighted by molar-refractivity contribution is 9.10. The number of H-pyrrole nitrogens is 1. The van der Waals surface area contributed by atoms with Crippen molar-refractivity contribution >= 4 is 44.3 Å². The maximum atomic E-state index is 13.3. The highest BCUT2D eigenvalue weighted by Crippen LogP contribution is 2.42. The second-order valence-corrected chi connectivity index (χ2v) is 9.68. The maximum absolute atomic E-state index is 13.3. The Morgan fingerprint density at radius 1 is 1.08 bits per heavy atom. The van der Waals surface area contributed by atoms with Crippen LogP contribution in [0.1, 0.15) is 29.7 Å². The van der Waals surface area contributed by atoms with Gasteiger partial charge in [0.2, 0.25) is 0 Å². The first-order valence-corrected chi connectivity index (χ1v) is 12.7. The number of nitrogens with one attached hydrogen (secondary N) is 1. The summed E-state index contributed by atoms with van der Waals surface area (Å²) < 4.78 is 6.38. The van der Waals surface area contributed by atoms with Crippen LogP contribution in [-0.2, 0) is 16.0 Å². The molecule has 1 unspecified atom stereocenters. The normalized spacial score (nSPS) is 17.0. The summed E-state index contributed by atoms with van der Waals surface area (Å²) in [6.45, 7) is 2.38. The first kappa shape index (κ1) is 24.6. The molecule has 8 heteroatoms. The summed E-state index contributed by atoms with van der Waals surface area (Å²) in [6, 6.07) is 18.6. The number of ketones is 1. The number of benzene rings is 3. The third-order valence-electron chi connectivity index (χ3n) is 6.55. The van der Waals surface area contributed by atoms with Gasteiger partial charge in [-0.05, 0) is 54.8 Å². The Labute approximate surface area is 222 Å². The number of hydrogen-bond donors (Lipinski definition) is 3. The Balaban J connectivity index is 1.59. The number of aromatic hydroxyl groups is 1. The number of aromatic nitrogens is 1. The highest BCUT2D eigenvalue weighted by atomic mass is 79.9. The number of carbonyl (C=O) groups excluding carboxylic acids is 2. The van der Waals surface area contributed by atoms with Gasteiger partial charge in [0, 0.05) is 33.7 Å². The van der Waals surface area contributed by atoms with Crippen LogP contribution in [0.4, 0.5) is 0 Å². The summed E-state index contributed by atoms with van der Waals surface area (Å²) in [5.74, 6) is -1.50. The molecule has 0 radical (unpaired) electrons. The van der Waals surface area contributed by atoms with Crippen LogP contribution in [0.2, 0.25) is 0 Å². The predicted molar refractivity (Wildman–Crippen MR) is 144 cm³/mol. The molecule has 4 aromatic rings. The number of Topliss-reactive ketones (excluding diaryl/α,β-unsaturated/α-hetero) is 1. The molecule has 5 rings (SSSR count). The van der Waals surface area contributed by atoms with E-state index in [1.807, 2.05) is 30.5 Å². The number of halogens is 1. The van der Waals surface area contributed by atoms with Crippen LogP contribution in [-0.4, -0.2) is 44.9 Å². The van der Waals surface area contributed by atoms with Gasteiger partial charge >= 0.3 is 0 Å². The summed E-state index contributed by atoms with van der Waals surface area (Å²) in [4.78, 5) is 31.4. The molecule has 0 saturated carbocycles. The van der Waals surface area contributed by atoms with Crippen molar-refractivity contribution in [1.82, 2.24) is 9.88 Å². The number of carbonyl (C=O) groups is 2. The van der Waals surface area contributed by atoms with E-state index in [2.05, 4.69) is 20.9 Å². The molecule has 2 heterocycles. The summed E-state index contributed by atoms with van der Waals surface area (Å²) in [5, 5.41) is 22.5. The number of aliphatic hydroxyl groups is 1. The number of aliphatic hydroxyl groups excluding tert-OH is 1. The molecule has 1 aromatic heterocycles. The van der Waals surface area contributed by atoms with Crippen LogP contribution < -0.4 is 4.74 Å². The van der Waals surface area contributed by atoms with E-state index in [0.29, 0.717) is 24.2 Å². The number of aromatic amines is 1. The average molecular weight is 561 g/mol. The lowest BCUT2D eigenvalue weighted by Crippen LogP contribution is -2.31. The van der Waals surface area contributed by atoms with Crippen molar-refractivity contribution < 1.29 is 24.5 Å². The van der Waals surface area contributed by atoms with Crippen LogP contribution in [0.5, 0.6) is 11.5 Å². The van der Waals surface area contributed by atoms with E-state index in [0.717, 1.165) is 20.9 Å². The molecule has 0 bridgehead atoms. The first-order chi connectivity index (χ1) is 17.9. The third kappa shape index (κ3) is 4.60. The number of amides is 1. The zero-order valence-electron chi connectivity index (χ0n) is 20.1. The van der Waals surface area contributed by atoms with Crippen LogP contribution in [0.25, 0.3) is 16.7 Å². The quantitative estimate of drug-likeness (QED) is 0.153. The maximum Gasteiger partial charge on any atom is 0.295 e. The van der Waals surface area contributed by atoms with Crippen LogP contribution in [0.3, 0.4) is 0 Å². The van der Waals surface area contributed by atoms with E-state index in [4.69, 9.17) is 4.74 Å². The zero-order valence-corrected chi connectivity index (χ0v) is 21.7. The molecular formula is C29H25BrN2O5. The van der Waals surface area contributed by atoms with E-state index >= 15 is 0 Å². The highest BCUT2D eigenvalue weighted by Gasteiger charge is 2.46. The van der Waals surface area contributed by atoms with E-state index in [1.54, 1.807) is 43.3 Å². The lowest BCUT2D eigenvalue weighted by Gasteiger charge is -2.26. The van der Waals surface area contributed by atoms with Crippen molar-refractivity contribution in [3.63, 3.8) is 0 Å². The predicted octanol–water partition coefficient (Wildman–Crippen LogP) is 5.70. The van der Waals surface area contributed by atoms with Gasteiger partial charge in [0.1, 0.15) is 5.76 Å². The SMILES string of the molecule is CCOc1cc(C2/C(=C(/O)c3ccc(Br)cc3)C(=O)C(=O)N2CCc2c[nH]c3ccccc23)ccc1O. The molecule has 1 aliphatic heterocycles. The Hall–Kier alpha value is -4.04. The Kier molecular flexibility index (Phi) is 6.76. The van der Waals surface area contributed by atoms with Crippen LogP contribution in [0.15, 0.2) is 83.0 Å². The van der Waals surface area contributed by atoms with Gasteiger partial charge in [-0.3, -0.25) is 9.59 Å². The number of likely N-dealkylation sites (tertiary alicyclic amines) is 1. The van der Waals surface area contributed by atoms with Crippen molar-refractivity contribution in [2.45, 2.75) is 19.4 Å². The van der Waals surface area contributed by atoms with Crippen molar-refractivity contribution in [3.8, 4) is 11.5 Å². The number of phenols is 1. The molecule has 188 valence electrons. The van der Waals surface area contributed by atoms with Gasteiger partial charge in [0.05, 0.1) is 18.2 Å². The zero-order chi connectivity index (χ0) is 26.1. The number of ether oxygens (including phenoxy) is 1. The fourth-order valence-corrected chi connectivity index (χ4v) is 5.04. The van der Waals surface area contributed by atoms with Crippen molar-refractivity contribution in [1.29, 1.82) is 0 Å². The van der Waals surface area contributed by atoms with Crippen LogP contribution in [0, 0.1) is 0 Å². The van der Waals surface area contributed by atoms with Gasteiger partial charge in [-0.15, -0.1) is 0 Å². The number of nitrogens with zero attached hydrogens (tertiary/aromatic N) is 1. The third-order valence-corrected chi connectivity index (χ3v) is 7.08. The van der Waals surface area contributed by atoms with Crippen molar-refractivity contribution in [2.75, 3.05) is 13.2 Å². The minimum Gasteiger partial charge on any atom is -0.507 e. The minimum absolute atomic E-state index is 0.000567. The minimum atomic E-state index is -0.853. The summed E-state index contributed by atoms with van der Waals surface area (Å²) >= 11 is 3.38. The first-order valence-electron chi connectivity index (χ1n) is 11.9. The molecule has 1 saturated heterocycles. The van der Waals surface area contributed by atoms with E-state index in [-0.39, 0.29) is 29.4 Å². The standard InChI is InChI=1S/C29H25BrN2O5/c1-2-37-24-15-18(9-12-23(24)33)26-25(27(34)17-7-10-20(30)11-8-17)28(35)29(36)32(26)14-13-19-16-31-22-6-4-3-5-21(19)22/h3-12,15-16,26,31,33-34H,2,13-14H2,1H3/b27-25-. The number of rotatable bonds is 7. The Morgan fingerprint density at radius 2 is 1.84 bits per heavy atom. The summed E-state index contributed by atoms with van der Waals surface area (Å²) in [7, 11) is 0. The summed E-state index contributed by atoms with van der Waals surface area (Å²) in [6.07, 6.45) is 2.41. The smallest absolute Gasteiger partial charge is 0.295 e. The molecular weight excluding hydrogens is 536 g/mol. The second-order valence-electron chi connectivity index (χ2n) is 8.77. The lowest BCUT2D eigenvalue weighted by atomic mass is 9.95. The molecule has 0 spiro atoms. The van der Waals surface area contributed by atoms with Gasteiger partial charge in [0.25, 0.3) is 11.7 Å². The molecule has 1 fully saturated rings. The monoisotopic (exact) mass is 560 g/mol. The molecule has 7 nitrogen and oxygen atoms in total. The largest absolute Gasteiger partial charge is 0.507 e. The van der Waals surface area contributed by atoms with Crippen molar-refractivity contribution in [2.24, 2.45) is 0 Å². The molecule has 1 aliphatic rings. The molecule has 1 atom stereocenters. The molecule has 37 heavy (non-hydrogen) atoms. The molecule has 3 aromatic carbocycles.